The molecule has 64 valence electrons. The molecule has 3 heteroatoms. The average molecular weight is 229 g/mol. The molecule has 0 fully saturated rings. The summed E-state index contributed by atoms with van der Waals surface area (Å²) >= 11 is 3.16. The Labute approximate surface area is 80.8 Å². The molecule has 0 saturated carbocycles. The quantitative estimate of drug-likeness (QED) is 0.385. The molecule has 0 rings (SSSR count). The highest BCUT2D eigenvalue weighted by Crippen LogP contribution is 1.81. The van der Waals surface area contributed by atoms with Crippen LogP contribution < -0.4 is 0 Å². The van der Waals surface area contributed by atoms with Gasteiger partial charge in [0.25, 0.3) is 0 Å². The van der Waals surface area contributed by atoms with E-state index in [2.05, 4.69) is 44.3 Å². The van der Waals surface area contributed by atoms with E-state index in [1.807, 2.05) is 0 Å². The van der Waals surface area contributed by atoms with Crippen LogP contribution in [-0.4, -0.2) is 18.4 Å². The number of hydrogen-bond donors (Lipinski definition) is 0. The maximum absolute atomic E-state index is 10.5. The summed E-state index contributed by atoms with van der Waals surface area (Å²) in [5, 5.41) is 0.658. The van der Waals surface area contributed by atoms with Crippen LogP contribution in [0.15, 0.2) is 0 Å². The third-order valence-corrected chi connectivity index (χ3v) is 1.23. The van der Waals surface area contributed by atoms with Crippen molar-refractivity contribution in [1.82, 2.24) is 0 Å². The molecule has 0 saturated heterocycles. The Balaban J connectivity index is 3.54. The lowest BCUT2D eigenvalue weighted by molar-refractivity contribution is -0.139. The molecule has 0 aliphatic heterocycles. The fourth-order valence-electron chi connectivity index (χ4n) is 0.423. The number of rotatable bonds is 1. The zero-order chi connectivity index (χ0) is 9.23. The SMILES string of the molecule is COC(=O)CC#CCC#CCBr. The van der Waals surface area contributed by atoms with E-state index in [9.17, 15) is 4.79 Å². The number of carbonyl (C=O) groups is 1. The summed E-state index contributed by atoms with van der Waals surface area (Å²) in [6, 6.07) is 0. The number of carbonyl (C=O) groups excluding carboxylic acids is 1. The minimum absolute atomic E-state index is 0.145. The van der Waals surface area contributed by atoms with E-state index in [4.69, 9.17) is 0 Å². The normalized spacial score (nSPS) is 7.17. The van der Waals surface area contributed by atoms with Gasteiger partial charge in [0.15, 0.2) is 0 Å². The number of halogens is 1. The maximum atomic E-state index is 10.5. The van der Waals surface area contributed by atoms with Crippen molar-refractivity contribution in [2.24, 2.45) is 0 Å². The highest BCUT2D eigenvalue weighted by atomic mass is 79.9. The van der Waals surface area contributed by atoms with Gasteiger partial charge in [-0.25, -0.2) is 0 Å². The molecule has 0 aromatic carbocycles. The first kappa shape index (κ1) is 11.1. The van der Waals surface area contributed by atoms with Crippen molar-refractivity contribution >= 4 is 21.9 Å². The molecule has 0 heterocycles. The van der Waals surface area contributed by atoms with E-state index in [1.54, 1.807) is 0 Å². The van der Waals surface area contributed by atoms with E-state index in [1.165, 1.54) is 7.11 Å². The molecule has 0 aromatic rings. The summed E-state index contributed by atoms with van der Waals surface area (Å²) in [4.78, 5) is 10.5. The highest BCUT2D eigenvalue weighted by Gasteiger charge is 1.91. The van der Waals surface area contributed by atoms with Gasteiger partial charge in [0.1, 0.15) is 6.42 Å². The molecule has 12 heavy (non-hydrogen) atoms. The number of hydrogen-bond acceptors (Lipinski definition) is 2. The van der Waals surface area contributed by atoms with Crippen LogP contribution in [0.4, 0.5) is 0 Å². The second-order valence-electron chi connectivity index (χ2n) is 1.77. The number of alkyl halides is 1. The molecule has 0 aromatic heterocycles. The third kappa shape index (κ3) is 7.18. The van der Waals surface area contributed by atoms with E-state index < -0.39 is 0 Å². The predicted octanol–water partition coefficient (Wildman–Crippen LogP) is 1.34. The Bertz CT molecular complexity index is 249. The second-order valence-corrected chi connectivity index (χ2v) is 2.33. The maximum Gasteiger partial charge on any atom is 0.317 e. The van der Waals surface area contributed by atoms with Gasteiger partial charge >= 0.3 is 5.97 Å². The van der Waals surface area contributed by atoms with Crippen LogP contribution in [0.5, 0.6) is 0 Å². The summed E-state index contributed by atoms with van der Waals surface area (Å²) in [5.74, 6) is 10.7. The Morgan fingerprint density at radius 1 is 1.33 bits per heavy atom. The van der Waals surface area contributed by atoms with Crippen molar-refractivity contribution in [3.63, 3.8) is 0 Å². The zero-order valence-corrected chi connectivity index (χ0v) is 8.40. The van der Waals surface area contributed by atoms with Gasteiger partial charge in [-0.2, -0.15) is 0 Å². The molecule has 0 bridgehead atoms. The van der Waals surface area contributed by atoms with Crippen LogP contribution in [0.25, 0.3) is 0 Å². The van der Waals surface area contributed by atoms with Crippen molar-refractivity contribution in [3.8, 4) is 23.7 Å². The van der Waals surface area contributed by atoms with Gasteiger partial charge in [-0.1, -0.05) is 39.6 Å². The summed E-state index contributed by atoms with van der Waals surface area (Å²) in [7, 11) is 1.34. The monoisotopic (exact) mass is 228 g/mol. The van der Waals surface area contributed by atoms with Crippen LogP contribution in [-0.2, 0) is 9.53 Å². The van der Waals surface area contributed by atoms with Crippen LogP contribution in [0.1, 0.15) is 12.8 Å². The number of ether oxygens (including phenoxy) is 1. The first-order valence-electron chi connectivity index (χ1n) is 3.35. The molecule has 0 amide bonds. The molecular formula is C9H9BrO2. The Morgan fingerprint density at radius 3 is 2.58 bits per heavy atom. The Hall–Kier alpha value is -0.930. The van der Waals surface area contributed by atoms with Gasteiger partial charge in [0, 0.05) is 0 Å². The highest BCUT2D eigenvalue weighted by molar-refractivity contribution is 9.09. The first-order valence-corrected chi connectivity index (χ1v) is 4.47. The average Bonchev–Trinajstić information content (AvgIpc) is 2.10. The largest absolute Gasteiger partial charge is 0.468 e. The van der Waals surface area contributed by atoms with Crippen LogP contribution >= 0.6 is 15.9 Å². The molecule has 0 spiro atoms. The van der Waals surface area contributed by atoms with Crippen molar-refractivity contribution < 1.29 is 9.53 Å². The van der Waals surface area contributed by atoms with Gasteiger partial charge < -0.3 is 4.74 Å². The minimum Gasteiger partial charge on any atom is -0.468 e. The van der Waals surface area contributed by atoms with Crippen molar-refractivity contribution in [1.29, 1.82) is 0 Å². The van der Waals surface area contributed by atoms with E-state index in [0.29, 0.717) is 11.8 Å². The Kier molecular flexibility index (Phi) is 7.54. The lowest BCUT2D eigenvalue weighted by Crippen LogP contribution is -1.96. The lowest BCUT2D eigenvalue weighted by atomic mass is 10.4. The zero-order valence-electron chi connectivity index (χ0n) is 6.82. The second kappa shape index (κ2) is 8.17. The molecule has 0 atom stereocenters. The summed E-state index contributed by atoms with van der Waals surface area (Å²) in [6.45, 7) is 0. The van der Waals surface area contributed by atoms with Gasteiger partial charge in [-0.15, -0.1) is 0 Å². The van der Waals surface area contributed by atoms with Gasteiger partial charge in [-0.3, -0.25) is 4.79 Å². The van der Waals surface area contributed by atoms with E-state index in [-0.39, 0.29) is 12.4 Å². The number of esters is 1. The van der Waals surface area contributed by atoms with Crippen LogP contribution in [0.2, 0.25) is 0 Å². The molecule has 0 aliphatic rings. The molecule has 0 aliphatic carbocycles. The standard InChI is InChI=1S/C9H9BrO2/c1-12-9(11)7-5-3-2-4-6-8-10/h2,7-8H2,1H3. The van der Waals surface area contributed by atoms with Crippen LogP contribution in [0.3, 0.4) is 0 Å². The lowest BCUT2D eigenvalue weighted by Gasteiger charge is -1.88. The van der Waals surface area contributed by atoms with E-state index >= 15 is 0 Å². The summed E-state index contributed by atoms with van der Waals surface area (Å²) in [6.07, 6.45) is 0.648. The molecule has 0 N–H and O–H groups in total. The van der Waals surface area contributed by atoms with Crippen molar-refractivity contribution in [2.75, 3.05) is 12.4 Å². The Morgan fingerprint density at radius 2 is 2.00 bits per heavy atom. The third-order valence-electron chi connectivity index (χ3n) is 0.954. The molecule has 2 nitrogen and oxygen atoms in total. The van der Waals surface area contributed by atoms with Crippen LogP contribution in [0, 0.1) is 23.7 Å². The molecule has 0 unspecified atom stereocenters. The smallest absolute Gasteiger partial charge is 0.317 e. The summed E-state index contributed by atoms with van der Waals surface area (Å²) < 4.78 is 4.39. The summed E-state index contributed by atoms with van der Waals surface area (Å²) in [5.41, 5.74) is 0. The van der Waals surface area contributed by atoms with Gasteiger partial charge in [-0.05, 0) is 0 Å². The molecule has 0 radical (unpaired) electrons. The fraction of sp³-hybridized carbons (Fsp3) is 0.444. The van der Waals surface area contributed by atoms with Crippen molar-refractivity contribution in [3.05, 3.63) is 0 Å². The molecular weight excluding hydrogens is 220 g/mol. The van der Waals surface area contributed by atoms with Crippen molar-refractivity contribution in [2.45, 2.75) is 12.8 Å². The van der Waals surface area contributed by atoms with Gasteiger partial charge in [0.05, 0.1) is 18.9 Å². The van der Waals surface area contributed by atoms with Gasteiger partial charge in [0.2, 0.25) is 0 Å². The first-order chi connectivity index (χ1) is 5.81. The fourth-order valence-corrected chi connectivity index (χ4v) is 0.622. The number of methoxy groups -OCH3 is 1. The predicted molar refractivity (Wildman–Crippen MR) is 50.6 cm³/mol. The topological polar surface area (TPSA) is 26.3 Å². The minimum atomic E-state index is -0.309. The van der Waals surface area contributed by atoms with E-state index in [0.717, 1.165) is 0 Å².